The minimum absolute atomic E-state index is 0.158. The van der Waals surface area contributed by atoms with E-state index < -0.39 is 0 Å². The van der Waals surface area contributed by atoms with Crippen molar-refractivity contribution in [2.24, 2.45) is 0 Å². The van der Waals surface area contributed by atoms with Crippen molar-refractivity contribution in [3.8, 4) is 0 Å². The number of fused-ring (bicyclic) bond motifs is 2. The largest absolute Gasteiger partial charge is 0.459 e. The Morgan fingerprint density at radius 1 is 0.958 bits per heavy atom. The van der Waals surface area contributed by atoms with E-state index in [1.807, 2.05) is 54.6 Å². The van der Waals surface area contributed by atoms with Gasteiger partial charge in [-0.15, -0.1) is 0 Å². The van der Waals surface area contributed by atoms with Crippen LogP contribution in [0.4, 0.5) is 0 Å². The molecule has 0 amide bonds. The molecule has 1 heterocycles. The highest BCUT2D eigenvalue weighted by Crippen LogP contribution is 2.19. The zero-order valence-electron chi connectivity index (χ0n) is 13.1. The normalized spacial score (nSPS) is 11.0. The molecule has 3 aromatic carbocycles. The van der Waals surface area contributed by atoms with Gasteiger partial charge in [0.2, 0.25) is 0 Å². The molecule has 0 aliphatic heterocycles. The number of ether oxygens (including phenoxy) is 1. The molecule has 0 atom stereocenters. The number of para-hydroxylation sites is 2. The Labute approximate surface area is 139 Å². The van der Waals surface area contributed by atoms with Crippen LogP contribution in [0.15, 0.2) is 73.1 Å². The van der Waals surface area contributed by atoms with Gasteiger partial charge >= 0.3 is 5.97 Å². The second kappa shape index (κ2) is 6.16. The Kier molecular flexibility index (Phi) is 3.71. The molecule has 1 aromatic heterocycles. The average molecular weight is 316 g/mol. The summed E-state index contributed by atoms with van der Waals surface area (Å²) in [5.74, 6) is -0.272. The molecule has 0 saturated carbocycles. The molecular weight excluding hydrogens is 300 g/mol. The number of imidazole rings is 1. The smallest absolute Gasteiger partial charge is 0.326 e. The van der Waals surface area contributed by atoms with Crippen LogP contribution in [-0.2, 0) is 22.7 Å². The van der Waals surface area contributed by atoms with E-state index in [2.05, 4.69) is 17.1 Å². The molecule has 0 bridgehead atoms. The molecule has 0 aliphatic rings. The van der Waals surface area contributed by atoms with Crippen molar-refractivity contribution in [3.05, 3.63) is 78.6 Å². The summed E-state index contributed by atoms with van der Waals surface area (Å²) in [7, 11) is 0. The molecule has 0 unspecified atom stereocenters. The van der Waals surface area contributed by atoms with Crippen molar-refractivity contribution < 1.29 is 9.53 Å². The SMILES string of the molecule is O=C(Cn1cnc2ccccc21)OCc1cccc2ccccc12. The summed E-state index contributed by atoms with van der Waals surface area (Å²) in [5, 5.41) is 2.26. The van der Waals surface area contributed by atoms with Gasteiger partial charge in [0.1, 0.15) is 13.2 Å². The first-order valence-electron chi connectivity index (χ1n) is 7.83. The number of hydrogen-bond donors (Lipinski definition) is 0. The molecule has 4 heteroatoms. The summed E-state index contributed by atoms with van der Waals surface area (Å²) in [6.45, 7) is 0.429. The Morgan fingerprint density at radius 2 is 1.75 bits per heavy atom. The van der Waals surface area contributed by atoms with Crippen LogP contribution in [0.1, 0.15) is 5.56 Å². The highest BCUT2D eigenvalue weighted by atomic mass is 16.5. The highest BCUT2D eigenvalue weighted by Gasteiger charge is 2.09. The summed E-state index contributed by atoms with van der Waals surface area (Å²) in [5.41, 5.74) is 2.82. The Balaban J connectivity index is 1.48. The molecular formula is C20H16N2O2. The van der Waals surface area contributed by atoms with Gasteiger partial charge < -0.3 is 9.30 Å². The second-order valence-electron chi connectivity index (χ2n) is 5.66. The lowest BCUT2D eigenvalue weighted by Gasteiger charge is -2.09. The molecule has 118 valence electrons. The Morgan fingerprint density at radius 3 is 2.71 bits per heavy atom. The first-order valence-corrected chi connectivity index (χ1v) is 7.83. The van der Waals surface area contributed by atoms with Crippen LogP contribution in [0.25, 0.3) is 21.8 Å². The molecule has 0 N–H and O–H groups in total. The van der Waals surface area contributed by atoms with Gasteiger partial charge in [-0.1, -0.05) is 54.6 Å². The lowest BCUT2D eigenvalue weighted by atomic mass is 10.1. The number of nitrogens with zero attached hydrogens (tertiary/aromatic N) is 2. The molecule has 0 radical (unpaired) electrons. The van der Waals surface area contributed by atoms with Crippen LogP contribution in [0, 0.1) is 0 Å². The molecule has 0 aliphatic carbocycles. The van der Waals surface area contributed by atoms with Crippen LogP contribution >= 0.6 is 0 Å². The third kappa shape index (κ3) is 2.74. The zero-order valence-corrected chi connectivity index (χ0v) is 13.1. The summed E-state index contributed by atoms with van der Waals surface area (Å²) < 4.78 is 7.28. The van der Waals surface area contributed by atoms with Crippen molar-refractivity contribution in [2.75, 3.05) is 0 Å². The summed E-state index contributed by atoms with van der Waals surface area (Å²) >= 11 is 0. The maximum absolute atomic E-state index is 12.2. The maximum atomic E-state index is 12.2. The fraction of sp³-hybridized carbons (Fsp3) is 0.100. The van der Waals surface area contributed by atoms with Gasteiger partial charge in [0.15, 0.2) is 0 Å². The molecule has 4 nitrogen and oxygen atoms in total. The number of rotatable bonds is 4. The van der Waals surface area contributed by atoms with Crippen LogP contribution in [-0.4, -0.2) is 15.5 Å². The summed E-state index contributed by atoms with van der Waals surface area (Å²) in [6, 6.07) is 21.8. The Hall–Kier alpha value is -3.14. The quantitative estimate of drug-likeness (QED) is 0.536. The van der Waals surface area contributed by atoms with E-state index in [4.69, 9.17) is 4.74 Å². The van der Waals surface area contributed by atoms with E-state index in [-0.39, 0.29) is 19.1 Å². The van der Waals surface area contributed by atoms with Gasteiger partial charge in [0, 0.05) is 0 Å². The first-order chi connectivity index (χ1) is 11.8. The van der Waals surface area contributed by atoms with Gasteiger partial charge in [-0.2, -0.15) is 0 Å². The highest BCUT2D eigenvalue weighted by molar-refractivity contribution is 5.85. The van der Waals surface area contributed by atoms with E-state index in [1.54, 1.807) is 10.9 Å². The fourth-order valence-corrected chi connectivity index (χ4v) is 2.90. The molecule has 0 fully saturated rings. The van der Waals surface area contributed by atoms with E-state index in [9.17, 15) is 4.79 Å². The van der Waals surface area contributed by atoms with Crippen molar-refractivity contribution in [2.45, 2.75) is 13.2 Å². The molecule has 4 rings (SSSR count). The number of aromatic nitrogens is 2. The van der Waals surface area contributed by atoms with Gasteiger partial charge in [-0.05, 0) is 28.5 Å². The van der Waals surface area contributed by atoms with Crippen LogP contribution in [0.3, 0.4) is 0 Å². The van der Waals surface area contributed by atoms with E-state index in [0.29, 0.717) is 0 Å². The van der Waals surface area contributed by atoms with E-state index in [0.717, 1.165) is 27.4 Å². The summed E-state index contributed by atoms with van der Waals surface area (Å²) in [4.78, 5) is 16.5. The predicted octanol–water partition coefficient (Wildman–Crippen LogP) is 3.93. The topological polar surface area (TPSA) is 44.1 Å². The Bertz CT molecular complexity index is 1010. The van der Waals surface area contributed by atoms with Crippen LogP contribution in [0.5, 0.6) is 0 Å². The van der Waals surface area contributed by atoms with Gasteiger partial charge in [0.25, 0.3) is 0 Å². The number of carbonyl (C=O) groups is 1. The molecule has 24 heavy (non-hydrogen) atoms. The van der Waals surface area contributed by atoms with E-state index in [1.165, 1.54) is 0 Å². The van der Waals surface area contributed by atoms with Gasteiger partial charge in [-0.3, -0.25) is 4.79 Å². The second-order valence-corrected chi connectivity index (χ2v) is 5.66. The zero-order chi connectivity index (χ0) is 16.4. The monoisotopic (exact) mass is 316 g/mol. The number of hydrogen-bond acceptors (Lipinski definition) is 3. The number of benzene rings is 3. The molecule has 4 aromatic rings. The lowest BCUT2D eigenvalue weighted by molar-refractivity contribution is -0.145. The standard InChI is InChI=1S/C20H16N2O2/c23-20(12-22-14-21-18-10-3-4-11-19(18)22)24-13-16-8-5-7-15-6-1-2-9-17(15)16/h1-11,14H,12-13H2. The van der Waals surface area contributed by atoms with Crippen molar-refractivity contribution >= 4 is 27.8 Å². The molecule has 0 spiro atoms. The number of esters is 1. The van der Waals surface area contributed by atoms with E-state index >= 15 is 0 Å². The molecule has 0 saturated heterocycles. The predicted molar refractivity (Wildman–Crippen MR) is 93.5 cm³/mol. The first kappa shape index (κ1) is 14.5. The lowest BCUT2D eigenvalue weighted by Crippen LogP contribution is -2.12. The number of carbonyl (C=O) groups excluding carboxylic acids is 1. The summed E-state index contributed by atoms with van der Waals surface area (Å²) in [6.07, 6.45) is 1.67. The average Bonchev–Trinajstić information content (AvgIpc) is 3.03. The minimum Gasteiger partial charge on any atom is -0.459 e. The van der Waals surface area contributed by atoms with Crippen molar-refractivity contribution in [3.63, 3.8) is 0 Å². The fourth-order valence-electron chi connectivity index (χ4n) is 2.90. The van der Waals surface area contributed by atoms with Crippen LogP contribution < -0.4 is 0 Å². The maximum Gasteiger partial charge on any atom is 0.326 e. The van der Waals surface area contributed by atoms with Crippen LogP contribution in [0.2, 0.25) is 0 Å². The third-order valence-electron chi connectivity index (χ3n) is 4.10. The van der Waals surface area contributed by atoms with Crippen molar-refractivity contribution in [1.29, 1.82) is 0 Å². The van der Waals surface area contributed by atoms with Gasteiger partial charge in [0.05, 0.1) is 17.4 Å². The van der Waals surface area contributed by atoms with Gasteiger partial charge in [-0.25, -0.2) is 4.98 Å². The minimum atomic E-state index is -0.272. The third-order valence-corrected chi connectivity index (χ3v) is 4.10. The van der Waals surface area contributed by atoms with Crippen molar-refractivity contribution in [1.82, 2.24) is 9.55 Å².